The van der Waals surface area contributed by atoms with E-state index in [1.54, 1.807) is 17.2 Å². The van der Waals surface area contributed by atoms with Crippen LogP contribution in [0.3, 0.4) is 0 Å². The number of benzene rings is 1. The van der Waals surface area contributed by atoms with Crippen molar-refractivity contribution in [2.24, 2.45) is 0 Å². The number of hydrogen-bond acceptors (Lipinski definition) is 3. The number of carbonyl (C=O) groups excluding carboxylic acids is 1. The van der Waals surface area contributed by atoms with Crippen LogP contribution in [0.25, 0.3) is 0 Å². The quantitative estimate of drug-likeness (QED) is 0.750. The van der Waals surface area contributed by atoms with Gasteiger partial charge in [0.1, 0.15) is 11.5 Å². The lowest BCUT2D eigenvalue weighted by Gasteiger charge is -2.14. The van der Waals surface area contributed by atoms with Crippen molar-refractivity contribution in [1.82, 2.24) is 9.88 Å². The average molecular weight is 301 g/mol. The summed E-state index contributed by atoms with van der Waals surface area (Å²) in [6, 6.07) is 9.26. The lowest BCUT2D eigenvalue weighted by Crippen LogP contribution is -2.22. The molecule has 4 rings (SSSR count). The molecule has 0 bridgehead atoms. The Labute approximate surface area is 127 Å². The second-order valence-corrected chi connectivity index (χ2v) is 5.91. The number of amides is 1. The Kier molecular flexibility index (Phi) is 2.69. The van der Waals surface area contributed by atoms with Crippen molar-refractivity contribution in [3.8, 4) is 11.5 Å². The largest absolute Gasteiger partial charge is 0.455 e. The first-order chi connectivity index (χ1) is 10.1. The minimum absolute atomic E-state index is 0.0471. The molecule has 1 aromatic carbocycles. The molecule has 2 aromatic rings. The number of pyridine rings is 1. The van der Waals surface area contributed by atoms with Gasteiger partial charge in [0.25, 0.3) is 0 Å². The summed E-state index contributed by atoms with van der Waals surface area (Å²) in [6.07, 6.45) is 1.70. The van der Waals surface area contributed by atoms with E-state index in [2.05, 4.69) is 4.98 Å². The summed E-state index contributed by atoms with van der Waals surface area (Å²) in [5.41, 5.74) is 1.73. The van der Waals surface area contributed by atoms with Crippen molar-refractivity contribution < 1.29 is 9.53 Å². The van der Waals surface area contributed by atoms with Crippen LogP contribution >= 0.6 is 11.6 Å². The molecule has 2 aliphatic rings. The zero-order chi connectivity index (χ0) is 14.6. The fourth-order valence-corrected chi connectivity index (χ4v) is 3.39. The van der Waals surface area contributed by atoms with Crippen LogP contribution in [0.4, 0.5) is 0 Å². The van der Waals surface area contributed by atoms with E-state index in [-0.39, 0.29) is 17.7 Å². The highest BCUT2D eigenvalue weighted by Gasteiger charge is 2.45. The number of halogens is 1. The van der Waals surface area contributed by atoms with Gasteiger partial charge in [-0.05, 0) is 24.3 Å². The third-order valence-corrected chi connectivity index (χ3v) is 4.44. The predicted octanol–water partition coefficient (Wildman–Crippen LogP) is 3.18. The molecule has 1 amide bonds. The lowest BCUT2D eigenvalue weighted by atomic mass is 9.86. The van der Waals surface area contributed by atoms with E-state index in [9.17, 15) is 4.79 Å². The second-order valence-electron chi connectivity index (χ2n) is 5.47. The van der Waals surface area contributed by atoms with Gasteiger partial charge in [-0.15, -0.1) is 0 Å². The summed E-state index contributed by atoms with van der Waals surface area (Å²) < 4.78 is 5.99. The molecule has 21 heavy (non-hydrogen) atoms. The van der Waals surface area contributed by atoms with Gasteiger partial charge in [-0.3, -0.25) is 9.78 Å². The van der Waals surface area contributed by atoms with E-state index in [4.69, 9.17) is 16.3 Å². The smallest absolute Gasteiger partial charge is 0.232 e. The van der Waals surface area contributed by atoms with Crippen molar-refractivity contribution in [2.45, 2.75) is 11.8 Å². The van der Waals surface area contributed by atoms with Crippen LogP contribution in [-0.2, 0) is 4.79 Å². The van der Waals surface area contributed by atoms with Crippen LogP contribution in [0.15, 0.2) is 36.5 Å². The number of nitrogens with zero attached hydrogens (tertiary/aromatic N) is 2. The molecule has 0 N–H and O–H groups in total. The van der Waals surface area contributed by atoms with Gasteiger partial charge in [0.05, 0.1) is 11.6 Å². The van der Waals surface area contributed by atoms with Crippen molar-refractivity contribution in [1.29, 1.82) is 0 Å². The van der Waals surface area contributed by atoms with Gasteiger partial charge < -0.3 is 9.64 Å². The van der Waals surface area contributed by atoms with Gasteiger partial charge in [0, 0.05) is 36.3 Å². The molecule has 2 aliphatic heterocycles. The number of likely N-dealkylation sites (N-methyl/N-ethyl adjacent to an activating group) is 1. The maximum atomic E-state index is 12.5. The number of hydrogen-bond donors (Lipinski definition) is 0. The minimum Gasteiger partial charge on any atom is -0.455 e. The summed E-state index contributed by atoms with van der Waals surface area (Å²) in [6.45, 7) is 0.664. The van der Waals surface area contributed by atoms with Gasteiger partial charge in [-0.2, -0.15) is 0 Å². The van der Waals surface area contributed by atoms with E-state index in [1.807, 2.05) is 31.3 Å². The lowest BCUT2D eigenvalue weighted by molar-refractivity contribution is -0.127. The van der Waals surface area contributed by atoms with Crippen molar-refractivity contribution >= 4 is 17.5 Å². The van der Waals surface area contributed by atoms with E-state index < -0.39 is 0 Å². The molecule has 2 unspecified atom stereocenters. The molecule has 0 aliphatic carbocycles. The Morgan fingerprint density at radius 1 is 1.33 bits per heavy atom. The first kappa shape index (κ1) is 12.7. The zero-order valence-electron chi connectivity index (χ0n) is 11.4. The summed E-state index contributed by atoms with van der Waals surface area (Å²) in [4.78, 5) is 18.7. The Morgan fingerprint density at radius 2 is 2.19 bits per heavy atom. The van der Waals surface area contributed by atoms with Gasteiger partial charge >= 0.3 is 0 Å². The van der Waals surface area contributed by atoms with Crippen LogP contribution in [0.2, 0.25) is 5.02 Å². The summed E-state index contributed by atoms with van der Waals surface area (Å²) in [5, 5.41) is 0.621. The molecule has 1 aromatic heterocycles. The SMILES string of the molecule is CN1CC2c3ccc(Cl)cc3Oc3cccnc3C2C1=O. The van der Waals surface area contributed by atoms with Crippen molar-refractivity contribution in [2.75, 3.05) is 13.6 Å². The van der Waals surface area contributed by atoms with E-state index in [1.165, 1.54) is 0 Å². The highest BCUT2D eigenvalue weighted by Crippen LogP contribution is 2.49. The third kappa shape index (κ3) is 1.83. The monoisotopic (exact) mass is 300 g/mol. The number of ether oxygens (including phenoxy) is 1. The maximum Gasteiger partial charge on any atom is 0.232 e. The van der Waals surface area contributed by atoms with Crippen LogP contribution in [0, 0.1) is 0 Å². The minimum atomic E-state index is -0.284. The molecule has 2 atom stereocenters. The summed E-state index contributed by atoms with van der Waals surface area (Å²) in [5.74, 6) is 1.20. The molecule has 4 nitrogen and oxygen atoms in total. The van der Waals surface area contributed by atoms with Gasteiger partial charge in [-0.25, -0.2) is 0 Å². The molecule has 1 saturated heterocycles. The summed E-state index contributed by atoms with van der Waals surface area (Å²) in [7, 11) is 1.83. The zero-order valence-corrected chi connectivity index (χ0v) is 12.2. The van der Waals surface area contributed by atoms with Gasteiger partial charge in [0.2, 0.25) is 5.91 Å². The molecule has 3 heterocycles. The Bertz CT molecular complexity index is 747. The van der Waals surface area contributed by atoms with Crippen molar-refractivity contribution in [3.05, 3.63) is 52.8 Å². The van der Waals surface area contributed by atoms with Crippen LogP contribution in [0.5, 0.6) is 11.5 Å². The van der Waals surface area contributed by atoms with Crippen molar-refractivity contribution in [3.63, 3.8) is 0 Å². The number of aromatic nitrogens is 1. The summed E-state index contributed by atoms with van der Waals surface area (Å²) >= 11 is 6.08. The molecule has 0 spiro atoms. The first-order valence-electron chi connectivity index (χ1n) is 6.82. The topological polar surface area (TPSA) is 42.4 Å². The van der Waals surface area contributed by atoms with Gasteiger partial charge in [0.15, 0.2) is 0 Å². The molecule has 5 heteroatoms. The number of rotatable bonds is 0. The molecule has 0 radical (unpaired) electrons. The highest BCUT2D eigenvalue weighted by molar-refractivity contribution is 6.30. The highest BCUT2D eigenvalue weighted by atomic mass is 35.5. The third-order valence-electron chi connectivity index (χ3n) is 4.20. The molecule has 1 fully saturated rings. The maximum absolute atomic E-state index is 12.5. The molecular weight excluding hydrogens is 288 g/mol. The van der Waals surface area contributed by atoms with Crippen LogP contribution < -0.4 is 4.74 Å². The second kappa shape index (κ2) is 4.46. The van der Waals surface area contributed by atoms with Crippen LogP contribution in [0.1, 0.15) is 23.1 Å². The average Bonchev–Trinajstić information content (AvgIpc) is 2.68. The first-order valence-corrected chi connectivity index (χ1v) is 7.20. The molecule has 0 saturated carbocycles. The van der Waals surface area contributed by atoms with Gasteiger partial charge in [-0.1, -0.05) is 17.7 Å². The number of carbonyl (C=O) groups is 1. The Morgan fingerprint density at radius 3 is 3.05 bits per heavy atom. The fraction of sp³-hybridized carbons (Fsp3) is 0.250. The Hall–Kier alpha value is -2.07. The van der Waals surface area contributed by atoms with Crippen LogP contribution in [-0.4, -0.2) is 29.4 Å². The standard InChI is InChI=1S/C16H13ClN2O2/c1-19-8-11-10-5-4-9(17)7-13(10)21-12-3-2-6-18-15(12)14(11)16(19)20/h2-7,11,14H,8H2,1H3. The predicted molar refractivity (Wildman–Crippen MR) is 78.9 cm³/mol. The van der Waals surface area contributed by atoms with E-state index in [0.29, 0.717) is 28.8 Å². The number of fused-ring (bicyclic) bond motifs is 5. The van der Waals surface area contributed by atoms with E-state index in [0.717, 1.165) is 5.56 Å². The molecule has 106 valence electrons. The number of likely N-dealkylation sites (tertiary alicyclic amines) is 1. The fourth-order valence-electron chi connectivity index (χ4n) is 3.23. The Balaban J connectivity index is 1.98. The van der Waals surface area contributed by atoms with E-state index >= 15 is 0 Å². The normalized spacial score (nSPS) is 23.0. The molecular formula is C16H13ClN2O2.